The average Bonchev–Trinajstić information content (AvgIpc) is 2.46. The fourth-order valence-electron chi connectivity index (χ4n) is 2.41. The molecule has 1 amide bonds. The summed E-state index contributed by atoms with van der Waals surface area (Å²) < 4.78 is 10.9. The minimum Gasteiger partial charge on any atom is -0.481 e. The van der Waals surface area contributed by atoms with Crippen molar-refractivity contribution in [1.82, 2.24) is 0 Å². The summed E-state index contributed by atoms with van der Waals surface area (Å²) >= 11 is 0. The molecule has 0 spiro atoms. The van der Waals surface area contributed by atoms with Crippen LogP contribution in [0.4, 0.5) is 5.69 Å². The molecule has 0 aliphatic carbocycles. The quantitative estimate of drug-likeness (QED) is 0.881. The van der Waals surface area contributed by atoms with Gasteiger partial charge >= 0.3 is 0 Å². The van der Waals surface area contributed by atoms with Crippen molar-refractivity contribution in [3.8, 4) is 5.75 Å². The van der Waals surface area contributed by atoms with Gasteiger partial charge in [0.15, 0.2) is 6.10 Å². The molecule has 0 aliphatic rings. The maximum atomic E-state index is 12.3. The third-order valence-corrected chi connectivity index (χ3v) is 3.38. The molecule has 1 atom stereocenters. The van der Waals surface area contributed by atoms with E-state index in [0.717, 1.165) is 22.4 Å². The Morgan fingerprint density at radius 2 is 1.83 bits per heavy atom. The number of carbonyl (C=O) groups excluding carboxylic acids is 1. The molecular weight excluding hydrogens is 290 g/mol. The molecule has 0 bridgehead atoms. The lowest BCUT2D eigenvalue weighted by Crippen LogP contribution is -2.30. The van der Waals surface area contributed by atoms with Gasteiger partial charge in [0.05, 0.1) is 6.61 Å². The average molecular weight is 313 g/mol. The summed E-state index contributed by atoms with van der Waals surface area (Å²) in [5, 5.41) is 2.87. The molecule has 0 aliphatic heterocycles. The minimum absolute atomic E-state index is 0.182. The second kappa shape index (κ2) is 7.79. The summed E-state index contributed by atoms with van der Waals surface area (Å²) in [7, 11) is 1.64. The Morgan fingerprint density at radius 3 is 2.48 bits per heavy atom. The maximum Gasteiger partial charge on any atom is 0.265 e. The van der Waals surface area contributed by atoms with Gasteiger partial charge in [-0.1, -0.05) is 18.2 Å². The van der Waals surface area contributed by atoms with Crippen LogP contribution in [-0.4, -0.2) is 19.1 Å². The van der Waals surface area contributed by atoms with Crippen LogP contribution in [0.15, 0.2) is 42.5 Å². The molecule has 0 saturated carbocycles. The highest BCUT2D eigenvalue weighted by molar-refractivity contribution is 5.94. The van der Waals surface area contributed by atoms with E-state index in [2.05, 4.69) is 11.4 Å². The summed E-state index contributed by atoms with van der Waals surface area (Å²) in [6.07, 6.45) is -0.581. The lowest BCUT2D eigenvalue weighted by molar-refractivity contribution is -0.122. The Hall–Kier alpha value is -2.33. The number of methoxy groups -OCH3 is 1. The number of hydrogen-bond acceptors (Lipinski definition) is 3. The Kier molecular flexibility index (Phi) is 5.77. The van der Waals surface area contributed by atoms with E-state index >= 15 is 0 Å². The molecule has 0 fully saturated rings. The predicted molar refractivity (Wildman–Crippen MR) is 91.8 cm³/mol. The molecule has 2 aromatic rings. The fraction of sp³-hybridized carbons (Fsp3) is 0.316. The normalized spacial score (nSPS) is 11.8. The lowest BCUT2D eigenvalue weighted by Gasteiger charge is -2.16. The highest BCUT2D eigenvalue weighted by Gasteiger charge is 2.15. The number of aryl methyl sites for hydroxylation is 2. The summed E-state index contributed by atoms with van der Waals surface area (Å²) in [5.74, 6) is 0.525. The van der Waals surface area contributed by atoms with Crippen molar-refractivity contribution >= 4 is 11.6 Å². The van der Waals surface area contributed by atoms with E-state index in [0.29, 0.717) is 12.4 Å². The minimum atomic E-state index is -0.581. The standard InChI is InChI=1S/C19H23NO3/c1-13-8-14(2)10-18(9-13)23-15(3)19(21)20-17-7-5-6-16(11-17)12-22-4/h5-11,15H,12H2,1-4H3,(H,20,21). The van der Waals surface area contributed by atoms with Crippen molar-refractivity contribution < 1.29 is 14.3 Å². The van der Waals surface area contributed by atoms with Crippen LogP contribution in [0.2, 0.25) is 0 Å². The highest BCUT2D eigenvalue weighted by atomic mass is 16.5. The van der Waals surface area contributed by atoms with Gasteiger partial charge in [-0.25, -0.2) is 0 Å². The second-order valence-corrected chi connectivity index (χ2v) is 5.71. The fourth-order valence-corrected chi connectivity index (χ4v) is 2.41. The van der Waals surface area contributed by atoms with Gasteiger partial charge in [0.1, 0.15) is 5.75 Å². The number of nitrogens with one attached hydrogen (secondary N) is 1. The smallest absolute Gasteiger partial charge is 0.265 e. The number of ether oxygens (including phenoxy) is 2. The zero-order valence-corrected chi connectivity index (χ0v) is 14.1. The third-order valence-electron chi connectivity index (χ3n) is 3.38. The Morgan fingerprint density at radius 1 is 1.13 bits per heavy atom. The van der Waals surface area contributed by atoms with Crippen LogP contribution in [0.5, 0.6) is 5.75 Å². The topological polar surface area (TPSA) is 47.6 Å². The van der Waals surface area contributed by atoms with Crippen LogP contribution < -0.4 is 10.1 Å². The van der Waals surface area contributed by atoms with Crippen LogP contribution in [-0.2, 0) is 16.1 Å². The van der Waals surface area contributed by atoms with Crippen molar-refractivity contribution in [1.29, 1.82) is 0 Å². The first kappa shape index (κ1) is 17.0. The molecular formula is C19H23NO3. The van der Waals surface area contributed by atoms with Gasteiger partial charge < -0.3 is 14.8 Å². The van der Waals surface area contributed by atoms with Crippen LogP contribution >= 0.6 is 0 Å². The van der Waals surface area contributed by atoms with E-state index < -0.39 is 6.10 Å². The van der Waals surface area contributed by atoms with Crippen molar-refractivity contribution in [2.24, 2.45) is 0 Å². The second-order valence-electron chi connectivity index (χ2n) is 5.71. The Bertz CT molecular complexity index is 662. The summed E-state index contributed by atoms with van der Waals surface area (Å²) in [6, 6.07) is 13.5. The van der Waals surface area contributed by atoms with Crippen LogP contribution in [0, 0.1) is 13.8 Å². The number of amides is 1. The maximum absolute atomic E-state index is 12.3. The van der Waals surface area contributed by atoms with Crippen molar-refractivity contribution in [3.63, 3.8) is 0 Å². The van der Waals surface area contributed by atoms with Gasteiger partial charge in [0, 0.05) is 12.8 Å². The third kappa shape index (κ3) is 5.11. The Balaban J connectivity index is 2.00. The summed E-state index contributed by atoms with van der Waals surface area (Å²) in [6.45, 7) is 6.27. The van der Waals surface area contributed by atoms with Gasteiger partial charge in [-0.3, -0.25) is 4.79 Å². The van der Waals surface area contributed by atoms with Gasteiger partial charge in [0.2, 0.25) is 0 Å². The van der Waals surface area contributed by atoms with Gasteiger partial charge in [-0.15, -0.1) is 0 Å². The molecule has 0 aromatic heterocycles. The van der Waals surface area contributed by atoms with Gasteiger partial charge in [-0.2, -0.15) is 0 Å². The lowest BCUT2D eigenvalue weighted by atomic mass is 10.1. The molecule has 0 heterocycles. The zero-order chi connectivity index (χ0) is 16.8. The van der Waals surface area contributed by atoms with E-state index in [1.165, 1.54) is 0 Å². The Labute approximate surface area is 137 Å². The molecule has 4 nitrogen and oxygen atoms in total. The number of anilines is 1. The number of carbonyl (C=O) groups is 1. The summed E-state index contributed by atoms with van der Waals surface area (Å²) in [5.41, 5.74) is 3.97. The largest absolute Gasteiger partial charge is 0.481 e. The summed E-state index contributed by atoms with van der Waals surface area (Å²) in [4.78, 5) is 12.3. The van der Waals surface area contributed by atoms with Crippen LogP contribution in [0.1, 0.15) is 23.6 Å². The zero-order valence-electron chi connectivity index (χ0n) is 14.1. The molecule has 0 saturated heterocycles. The van der Waals surface area contributed by atoms with Gasteiger partial charge in [-0.05, 0) is 61.7 Å². The van der Waals surface area contributed by atoms with E-state index in [-0.39, 0.29) is 5.91 Å². The molecule has 2 aromatic carbocycles. The van der Waals surface area contributed by atoms with E-state index in [4.69, 9.17) is 9.47 Å². The highest BCUT2D eigenvalue weighted by Crippen LogP contribution is 2.18. The first-order valence-electron chi connectivity index (χ1n) is 7.61. The van der Waals surface area contributed by atoms with Crippen molar-refractivity contribution in [3.05, 3.63) is 59.2 Å². The van der Waals surface area contributed by atoms with Crippen molar-refractivity contribution in [2.75, 3.05) is 12.4 Å². The van der Waals surface area contributed by atoms with E-state index in [1.807, 2.05) is 50.2 Å². The molecule has 0 radical (unpaired) electrons. The molecule has 1 unspecified atom stereocenters. The number of hydrogen-bond donors (Lipinski definition) is 1. The SMILES string of the molecule is COCc1cccc(NC(=O)C(C)Oc2cc(C)cc(C)c2)c1. The molecule has 2 rings (SSSR count). The number of benzene rings is 2. The molecule has 1 N–H and O–H groups in total. The predicted octanol–water partition coefficient (Wildman–Crippen LogP) is 3.86. The molecule has 23 heavy (non-hydrogen) atoms. The van der Waals surface area contributed by atoms with Crippen LogP contribution in [0.25, 0.3) is 0 Å². The number of rotatable bonds is 6. The monoisotopic (exact) mass is 313 g/mol. The molecule has 122 valence electrons. The first-order valence-corrected chi connectivity index (χ1v) is 7.61. The first-order chi connectivity index (χ1) is 11.0. The van der Waals surface area contributed by atoms with Crippen LogP contribution in [0.3, 0.4) is 0 Å². The van der Waals surface area contributed by atoms with Crippen molar-refractivity contribution in [2.45, 2.75) is 33.5 Å². The van der Waals surface area contributed by atoms with E-state index in [9.17, 15) is 4.79 Å². The molecule has 4 heteroatoms. The van der Waals surface area contributed by atoms with E-state index in [1.54, 1.807) is 14.0 Å². The van der Waals surface area contributed by atoms with Gasteiger partial charge in [0.25, 0.3) is 5.91 Å².